The number of carbonyl (C=O) groups excluding carboxylic acids is 3. The fraction of sp³-hybridized carbons (Fsp3) is 0.211. The molecule has 2 aromatic carbocycles. The number of carbonyl (C=O) groups is 3. The van der Waals surface area contributed by atoms with Gasteiger partial charge in [0.2, 0.25) is 10.0 Å². The zero-order valence-electron chi connectivity index (χ0n) is 16.1. The molecule has 0 saturated heterocycles. The Morgan fingerprint density at radius 1 is 0.897 bits per heavy atom. The molecular weight excluding hydrogens is 398 g/mol. The minimum absolute atomic E-state index is 0.0846. The lowest BCUT2D eigenvalue weighted by atomic mass is 10.1. The molecule has 2 aromatic rings. The van der Waals surface area contributed by atoms with E-state index in [4.69, 9.17) is 0 Å². The monoisotopic (exact) mass is 419 g/mol. The van der Waals surface area contributed by atoms with Crippen LogP contribution in [-0.2, 0) is 19.6 Å². The van der Waals surface area contributed by atoms with Crippen LogP contribution in [0.25, 0.3) is 0 Å². The van der Waals surface area contributed by atoms with Gasteiger partial charge in [-0.15, -0.1) is 0 Å². The molecule has 0 unspecified atom stereocenters. The summed E-state index contributed by atoms with van der Waals surface area (Å²) in [7, 11) is 0.506. The SMILES string of the molecule is COC(=O)CNC(=O)c1ccc(NC(=O)c2ccc(S(=O)(=O)N(C)C)cc2)cc1. The molecule has 2 N–H and O–H groups in total. The third-order valence-electron chi connectivity index (χ3n) is 3.92. The molecular formula is C19H21N3O6S. The zero-order valence-corrected chi connectivity index (χ0v) is 16.9. The van der Waals surface area contributed by atoms with Crippen LogP contribution in [0.15, 0.2) is 53.4 Å². The van der Waals surface area contributed by atoms with Crippen molar-refractivity contribution in [3.05, 3.63) is 59.7 Å². The molecule has 0 heterocycles. The molecule has 2 amide bonds. The number of amides is 2. The van der Waals surface area contributed by atoms with Gasteiger partial charge in [0, 0.05) is 30.9 Å². The predicted octanol–water partition coefficient (Wildman–Crippen LogP) is 1.09. The Balaban J connectivity index is 2.02. The lowest BCUT2D eigenvalue weighted by Crippen LogP contribution is -2.30. The van der Waals surface area contributed by atoms with Crippen LogP contribution in [0.3, 0.4) is 0 Å². The Labute approximate surface area is 168 Å². The zero-order chi connectivity index (χ0) is 21.6. The maximum absolute atomic E-state index is 12.3. The van der Waals surface area contributed by atoms with E-state index in [9.17, 15) is 22.8 Å². The summed E-state index contributed by atoms with van der Waals surface area (Å²) < 4.78 is 29.6. The highest BCUT2D eigenvalue weighted by molar-refractivity contribution is 7.89. The molecule has 0 radical (unpaired) electrons. The minimum Gasteiger partial charge on any atom is -0.468 e. The van der Waals surface area contributed by atoms with Gasteiger partial charge in [-0.25, -0.2) is 12.7 Å². The number of hydrogen-bond acceptors (Lipinski definition) is 6. The fourth-order valence-electron chi connectivity index (χ4n) is 2.22. The van der Waals surface area contributed by atoms with Crippen LogP contribution in [0.4, 0.5) is 5.69 Å². The lowest BCUT2D eigenvalue weighted by molar-refractivity contribution is -0.139. The van der Waals surface area contributed by atoms with Gasteiger partial charge in [0.25, 0.3) is 11.8 Å². The molecule has 0 fully saturated rings. The van der Waals surface area contributed by atoms with Crippen molar-refractivity contribution in [2.24, 2.45) is 0 Å². The Hall–Kier alpha value is -3.24. The van der Waals surface area contributed by atoms with Gasteiger partial charge in [0.05, 0.1) is 12.0 Å². The van der Waals surface area contributed by atoms with Crippen molar-refractivity contribution >= 4 is 33.5 Å². The molecule has 0 aromatic heterocycles. The number of methoxy groups -OCH3 is 1. The number of anilines is 1. The topological polar surface area (TPSA) is 122 Å². The van der Waals surface area contributed by atoms with Gasteiger partial charge in [-0.1, -0.05) is 0 Å². The molecule has 0 aliphatic heterocycles. The Morgan fingerprint density at radius 2 is 1.41 bits per heavy atom. The Bertz CT molecular complexity index is 999. The van der Waals surface area contributed by atoms with Gasteiger partial charge >= 0.3 is 5.97 Å². The average molecular weight is 419 g/mol. The van der Waals surface area contributed by atoms with Gasteiger partial charge in [-0.2, -0.15) is 0 Å². The molecule has 29 heavy (non-hydrogen) atoms. The van der Waals surface area contributed by atoms with E-state index < -0.39 is 27.8 Å². The minimum atomic E-state index is -3.57. The number of nitrogens with one attached hydrogen (secondary N) is 2. The standard InChI is InChI=1S/C19H21N3O6S/c1-22(2)29(26,27)16-10-6-14(7-11-16)19(25)21-15-8-4-13(5-9-15)18(24)20-12-17(23)28-3/h4-11H,12H2,1-3H3,(H,20,24)(H,21,25). The summed E-state index contributed by atoms with van der Waals surface area (Å²) in [4.78, 5) is 35.4. The summed E-state index contributed by atoms with van der Waals surface area (Å²) in [6.45, 7) is -0.243. The third-order valence-corrected chi connectivity index (χ3v) is 5.75. The van der Waals surface area contributed by atoms with Crippen molar-refractivity contribution in [2.75, 3.05) is 33.1 Å². The van der Waals surface area contributed by atoms with Crippen LogP contribution in [-0.4, -0.2) is 58.3 Å². The van der Waals surface area contributed by atoms with Crippen molar-refractivity contribution in [3.8, 4) is 0 Å². The van der Waals surface area contributed by atoms with Crippen LogP contribution < -0.4 is 10.6 Å². The van der Waals surface area contributed by atoms with E-state index in [1.54, 1.807) is 0 Å². The largest absolute Gasteiger partial charge is 0.468 e. The van der Waals surface area contributed by atoms with E-state index in [1.807, 2.05) is 0 Å². The van der Waals surface area contributed by atoms with E-state index in [2.05, 4.69) is 15.4 Å². The smallest absolute Gasteiger partial charge is 0.325 e. The van der Waals surface area contributed by atoms with E-state index >= 15 is 0 Å². The highest BCUT2D eigenvalue weighted by Gasteiger charge is 2.17. The molecule has 154 valence electrons. The van der Waals surface area contributed by atoms with E-state index in [1.165, 1.54) is 69.7 Å². The summed E-state index contributed by atoms with van der Waals surface area (Å²) in [6, 6.07) is 11.6. The van der Waals surface area contributed by atoms with Gasteiger partial charge in [0.15, 0.2) is 0 Å². The first-order chi connectivity index (χ1) is 13.6. The summed E-state index contributed by atoms with van der Waals surface area (Å²) in [5, 5.41) is 5.07. The molecule has 0 aliphatic rings. The Kier molecular flexibility index (Phi) is 7.08. The van der Waals surface area contributed by atoms with Crippen LogP contribution in [0.2, 0.25) is 0 Å². The van der Waals surface area contributed by atoms with Crippen LogP contribution >= 0.6 is 0 Å². The summed E-state index contributed by atoms with van der Waals surface area (Å²) in [6.07, 6.45) is 0. The molecule has 0 saturated carbocycles. The van der Waals surface area contributed by atoms with Crippen LogP contribution in [0, 0.1) is 0 Å². The number of sulfonamides is 1. The second-order valence-electron chi connectivity index (χ2n) is 6.10. The van der Waals surface area contributed by atoms with Crippen molar-refractivity contribution in [2.45, 2.75) is 4.90 Å². The molecule has 9 nitrogen and oxygen atoms in total. The van der Waals surface area contributed by atoms with Crippen LogP contribution in [0.1, 0.15) is 20.7 Å². The molecule has 0 atom stereocenters. The van der Waals surface area contributed by atoms with E-state index in [0.717, 1.165) is 4.31 Å². The van der Waals surface area contributed by atoms with Crippen LogP contribution in [0.5, 0.6) is 0 Å². The number of nitrogens with zero attached hydrogens (tertiary/aromatic N) is 1. The van der Waals surface area contributed by atoms with Gasteiger partial charge in [-0.05, 0) is 48.5 Å². The number of ether oxygens (including phenoxy) is 1. The van der Waals surface area contributed by atoms with Gasteiger partial charge in [-0.3, -0.25) is 14.4 Å². The number of esters is 1. The highest BCUT2D eigenvalue weighted by Crippen LogP contribution is 2.16. The predicted molar refractivity (Wildman–Crippen MR) is 106 cm³/mol. The van der Waals surface area contributed by atoms with Crippen molar-refractivity contribution in [1.82, 2.24) is 9.62 Å². The Morgan fingerprint density at radius 3 is 1.93 bits per heavy atom. The first-order valence-electron chi connectivity index (χ1n) is 8.44. The highest BCUT2D eigenvalue weighted by atomic mass is 32.2. The van der Waals surface area contributed by atoms with Crippen molar-refractivity contribution < 1.29 is 27.5 Å². The molecule has 2 rings (SSSR count). The first kappa shape index (κ1) is 22.1. The second-order valence-corrected chi connectivity index (χ2v) is 8.25. The average Bonchev–Trinajstić information content (AvgIpc) is 2.72. The van der Waals surface area contributed by atoms with E-state index in [-0.39, 0.29) is 17.0 Å². The first-order valence-corrected chi connectivity index (χ1v) is 9.88. The summed E-state index contributed by atoms with van der Waals surface area (Å²) >= 11 is 0. The number of benzene rings is 2. The second kappa shape index (κ2) is 9.30. The fourth-order valence-corrected chi connectivity index (χ4v) is 3.13. The maximum atomic E-state index is 12.3. The van der Waals surface area contributed by atoms with Gasteiger partial charge in [0.1, 0.15) is 6.54 Å². The summed E-state index contributed by atoms with van der Waals surface area (Å²) in [5.41, 5.74) is 1.04. The quantitative estimate of drug-likeness (QED) is 0.648. The van der Waals surface area contributed by atoms with Crippen molar-refractivity contribution in [1.29, 1.82) is 0 Å². The van der Waals surface area contributed by atoms with Gasteiger partial charge < -0.3 is 15.4 Å². The van der Waals surface area contributed by atoms with Crippen molar-refractivity contribution in [3.63, 3.8) is 0 Å². The lowest BCUT2D eigenvalue weighted by Gasteiger charge is -2.12. The number of hydrogen-bond donors (Lipinski definition) is 2. The maximum Gasteiger partial charge on any atom is 0.325 e. The van der Waals surface area contributed by atoms with E-state index in [0.29, 0.717) is 11.3 Å². The molecule has 0 aliphatic carbocycles. The third kappa shape index (κ3) is 5.62. The normalized spacial score (nSPS) is 11.0. The number of rotatable bonds is 7. The molecule has 0 spiro atoms. The molecule has 10 heteroatoms. The molecule has 0 bridgehead atoms. The summed E-state index contributed by atoms with van der Waals surface area (Å²) in [5.74, 6) is -1.45.